The Balaban J connectivity index is 0. The molecule has 0 aliphatic rings. The Bertz CT molecular complexity index is 8.00. The molecule has 0 saturated heterocycles. The van der Waals surface area contributed by atoms with Crippen molar-refractivity contribution in [3.8, 4) is 0 Å². The first kappa shape index (κ1) is 26.1. The van der Waals surface area contributed by atoms with Gasteiger partial charge in [-0.15, -0.1) is 0 Å². The molecule has 0 rings (SSSR count). The van der Waals surface area contributed by atoms with Gasteiger partial charge in [0.05, 0.1) is 0 Å². The Morgan fingerprint density at radius 2 is 1.00 bits per heavy atom. The number of rotatable bonds is 0. The fourth-order valence-corrected chi connectivity index (χ4v) is 0. The van der Waals surface area contributed by atoms with Crippen LogP contribution in [0.25, 0.3) is 0 Å². The van der Waals surface area contributed by atoms with Gasteiger partial charge in [0.25, 0.3) is 0 Å². The fourth-order valence-electron chi connectivity index (χ4n) is 0. The third kappa shape index (κ3) is 9.06. The quantitative estimate of drug-likeness (QED) is 0.421. The van der Waals surface area contributed by atoms with Crippen molar-refractivity contribution >= 4 is 48.3 Å². The van der Waals surface area contributed by atoms with Crippen LogP contribution in [-0.4, -0.2) is 48.3 Å². The molecule has 0 amide bonds. The Hall–Kier alpha value is 3.44. The van der Waals surface area contributed by atoms with Gasteiger partial charge in [-0.25, -0.2) is 0 Å². The summed E-state index contributed by atoms with van der Waals surface area (Å²) in [7, 11) is 0. The normalized spacial score (nSPS) is 0. The summed E-state index contributed by atoms with van der Waals surface area (Å²) in [5.41, 5.74) is 0. The van der Waals surface area contributed by atoms with Crippen LogP contribution in [0.1, 0.15) is 0 Å². The maximum Gasteiger partial charge on any atom is 0 e. The Morgan fingerprint density at radius 3 is 1.00 bits per heavy atom. The minimum absolute atomic E-state index is 0. The van der Waals surface area contributed by atoms with Gasteiger partial charge >= 0.3 is 0 Å². The predicted octanol–water partition coefficient (Wildman–Crippen LogP) is -0.764. The molecular formula is GdNiSbSn. The zero-order chi connectivity index (χ0) is 0. The van der Waals surface area contributed by atoms with E-state index in [0.29, 0.717) is 0 Å². The van der Waals surface area contributed by atoms with Crippen molar-refractivity contribution in [1.82, 2.24) is 0 Å². The van der Waals surface area contributed by atoms with Crippen LogP contribution in [0.4, 0.5) is 0 Å². The Labute approximate surface area is 102 Å². The molecule has 0 fully saturated rings. The maximum absolute atomic E-state index is 0. The second-order valence-electron chi connectivity index (χ2n) is 0. The molecule has 0 aromatic rings. The third-order valence-electron chi connectivity index (χ3n) is 0. The van der Waals surface area contributed by atoms with Crippen molar-refractivity contribution in [1.29, 1.82) is 0 Å². The molecule has 0 spiro atoms. The molecule has 0 N–H and O–H groups in total. The number of hydrogen-bond acceptors (Lipinski definition) is 0. The molecule has 0 nitrogen and oxygen atoms in total. The van der Waals surface area contributed by atoms with Crippen LogP contribution in [0.3, 0.4) is 0 Å². The van der Waals surface area contributed by atoms with Crippen molar-refractivity contribution in [2.24, 2.45) is 0 Å². The molecule has 0 bridgehead atoms. The van der Waals surface area contributed by atoms with Gasteiger partial charge in [-0.3, -0.25) is 0 Å². The van der Waals surface area contributed by atoms with E-state index in [-0.39, 0.29) is 105 Å². The topological polar surface area (TPSA) is 0 Å². The monoisotopic (exact) mass is 457 g/mol. The van der Waals surface area contributed by atoms with Crippen LogP contribution in [-0.2, 0) is 16.5 Å². The average Bonchev–Trinajstić information content (AvgIpc) is 0. The van der Waals surface area contributed by atoms with E-state index in [0.717, 1.165) is 0 Å². The second-order valence-corrected chi connectivity index (χ2v) is 0. The molecule has 0 unspecified atom stereocenters. The standard InChI is InChI=1S/Gd.Ni.Sb.Sn. The molecule has 0 saturated carbocycles. The molecule has 27 valence electrons. The van der Waals surface area contributed by atoms with E-state index in [1.165, 1.54) is 0 Å². The smallest absolute Gasteiger partial charge is 0 e. The molecule has 4 heavy (non-hydrogen) atoms. The van der Waals surface area contributed by atoms with Gasteiger partial charge < -0.3 is 0 Å². The van der Waals surface area contributed by atoms with Gasteiger partial charge in [0.1, 0.15) is 0 Å². The van der Waals surface area contributed by atoms with E-state index >= 15 is 0 Å². The summed E-state index contributed by atoms with van der Waals surface area (Å²) in [5.74, 6) is 0. The average molecular weight is 456 g/mol. The van der Waals surface area contributed by atoms with Crippen molar-refractivity contribution < 1.29 is 56.4 Å². The van der Waals surface area contributed by atoms with Crippen molar-refractivity contribution in [3.05, 3.63) is 0 Å². The molecular weight excluding hydrogens is 456 g/mol. The summed E-state index contributed by atoms with van der Waals surface area (Å²) in [6, 6.07) is 0. The summed E-state index contributed by atoms with van der Waals surface area (Å²) < 4.78 is 0. The van der Waals surface area contributed by atoms with E-state index in [4.69, 9.17) is 0 Å². The summed E-state index contributed by atoms with van der Waals surface area (Å²) in [6.07, 6.45) is 0. The first-order valence-electron chi connectivity index (χ1n) is 0. The molecule has 0 atom stereocenters. The van der Waals surface area contributed by atoms with Crippen molar-refractivity contribution in [2.75, 3.05) is 0 Å². The summed E-state index contributed by atoms with van der Waals surface area (Å²) in [4.78, 5) is 0. The zero-order valence-electron chi connectivity index (χ0n) is 1.62. The summed E-state index contributed by atoms with van der Waals surface area (Å²) in [5, 5.41) is 0. The minimum atomic E-state index is 0. The zero-order valence-corrected chi connectivity index (χ0v) is 10.3. The van der Waals surface area contributed by atoms with Gasteiger partial charge in [0, 0.05) is 105 Å². The molecule has 4 heteroatoms. The molecule has 0 aromatic heterocycles. The van der Waals surface area contributed by atoms with E-state index < -0.39 is 0 Å². The van der Waals surface area contributed by atoms with Crippen molar-refractivity contribution in [2.45, 2.75) is 0 Å². The van der Waals surface area contributed by atoms with Crippen LogP contribution < -0.4 is 0 Å². The van der Waals surface area contributed by atoms with E-state index in [1.807, 2.05) is 0 Å². The van der Waals surface area contributed by atoms with E-state index in [2.05, 4.69) is 0 Å². The Kier molecular flexibility index (Phi) is 105. The predicted molar refractivity (Wildman–Crippen MR) is 11.5 cm³/mol. The van der Waals surface area contributed by atoms with Crippen LogP contribution in [0, 0.1) is 39.9 Å². The molecule has 0 aliphatic carbocycles. The van der Waals surface area contributed by atoms with E-state index in [1.54, 1.807) is 0 Å². The van der Waals surface area contributed by atoms with Crippen LogP contribution in [0.2, 0.25) is 0 Å². The first-order valence-corrected chi connectivity index (χ1v) is 0. The second kappa shape index (κ2) is 16.1. The summed E-state index contributed by atoms with van der Waals surface area (Å²) in [6.45, 7) is 0. The SMILES string of the molecule is [Gd].[Ni].[Sb].[Sn]. The number of hydrogen-bond donors (Lipinski definition) is 0. The largest absolute Gasteiger partial charge is 0 e. The minimum Gasteiger partial charge on any atom is 0 e. The van der Waals surface area contributed by atoms with Crippen LogP contribution >= 0.6 is 0 Å². The van der Waals surface area contributed by atoms with Gasteiger partial charge in [-0.1, -0.05) is 0 Å². The van der Waals surface area contributed by atoms with Gasteiger partial charge in [-0.05, 0) is 0 Å². The molecule has 0 aromatic carbocycles. The summed E-state index contributed by atoms with van der Waals surface area (Å²) >= 11 is 0. The van der Waals surface area contributed by atoms with Crippen LogP contribution in [0.15, 0.2) is 0 Å². The third-order valence-corrected chi connectivity index (χ3v) is 0. The molecule has 0 aliphatic heterocycles. The first-order chi connectivity index (χ1) is 0. The maximum atomic E-state index is 0. The van der Waals surface area contributed by atoms with Gasteiger partial charge in [0.15, 0.2) is 0 Å². The van der Waals surface area contributed by atoms with Crippen molar-refractivity contribution in [3.63, 3.8) is 0 Å². The van der Waals surface area contributed by atoms with Crippen LogP contribution in [0.5, 0.6) is 0 Å². The van der Waals surface area contributed by atoms with E-state index in [9.17, 15) is 0 Å². The van der Waals surface area contributed by atoms with Gasteiger partial charge in [0.2, 0.25) is 0 Å². The fraction of sp³-hybridized carbons (Fsp3) is 0. The van der Waals surface area contributed by atoms with Gasteiger partial charge in [-0.2, -0.15) is 0 Å². The molecule has 0 heterocycles. The Morgan fingerprint density at radius 1 is 1.00 bits per heavy atom. The molecule has 7 radical (unpaired) electrons.